The van der Waals surface area contributed by atoms with Gasteiger partial charge in [0.15, 0.2) is 0 Å². The van der Waals surface area contributed by atoms with Crippen molar-refractivity contribution in [1.82, 2.24) is 15.1 Å². The lowest BCUT2D eigenvalue weighted by molar-refractivity contribution is 0.152. The molecule has 2 amide bonds. The van der Waals surface area contributed by atoms with Crippen LogP contribution in [0.25, 0.3) is 0 Å². The van der Waals surface area contributed by atoms with Crippen LogP contribution in [-0.4, -0.2) is 55.6 Å². The smallest absolute Gasteiger partial charge is 0.319 e. The van der Waals surface area contributed by atoms with Gasteiger partial charge in [-0.15, -0.1) is 0 Å². The number of carbonyl (C=O) groups excluding carboxylic acids is 1. The summed E-state index contributed by atoms with van der Waals surface area (Å²) < 4.78 is 0. The van der Waals surface area contributed by atoms with Gasteiger partial charge in [-0.05, 0) is 31.2 Å². The van der Waals surface area contributed by atoms with Crippen LogP contribution in [0.1, 0.15) is 36.8 Å². The molecule has 0 aromatic heterocycles. The Balaban J connectivity index is 1.76. The Morgan fingerprint density at radius 3 is 2.64 bits per heavy atom. The van der Waals surface area contributed by atoms with Crippen LogP contribution in [0.3, 0.4) is 0 Å². The van der Waals surface area contributed by atoms with Crippen LogP contribution in [-0.2, 0) is 0 Å². The maximum atomic E-state index is 11.9. The van der Waals surface area contributed by atoms with Crippen molar-refractivity contribution in [2.45, 2.75) is 38.6 Å². The number of benzene rings is 1. The predicted octanol–water partition coefficient (Wildman–Crippen LogP) is 2.83. The number of hydrogen-bond acceptors (Lipinski definition) is 2. The molecular formula is C18H29N3O. The zero-order valence-corrected chi connectivity index (χ0v) is 14.3. The van der Waals surface area contributed by atoms with Crippen molar-refractivity contribution >= 4 is 6.03 Å². The van der Waals surface area contributed by atoms with Crippen LogP contribution in [0.5, 0.6) is 0 Å². The summed E-state index contributed by atoms with van der Waals surface area (Å²) in [5.74, 6) is 0.515. The van der Waals surface area contributed by atoms with E-state index in [0.717, 1.165) is 32.5 Å². The van der Waals surface area contributed by atoms with Crippen molar-refractivity contribution in [2.24, 2.45) is 0 Å². The third kappa shape index (κ3) is 4.47. The number of piperidine rings is 1. The minimum absolute atomic E-state index is 0.131. The first-order valence-corrected chi connectivity index (χ1v) is 8.23. The molecule has 1 aromatic rings. The second-order valence-corrected chi connectivity index (χ2v) is 6.66. The maximum Gasteiger partial charge on any atom is 0.319 e. The lowest BCUT2D eigenvalue weighted by atomic mass is 9.98. The summed E-state index contributed by atoms with van der Waals surface area (Å²) in [5.41, 5.74) is 2.72. The summed E-state index contributed by atoms with van der Waals surface area (Å²) in [6.45, 7) is 7.12. The second-order valence-electron chi connectivity index (χ2n) is 6.66. The van der Waals surface area contributed by atoms with Crippen molar-refractivity contribution in [3.63, 3.8) is 0 Å². The van der Waals surface area contributed by atoms with E-state index in [0.29, 0.717) is 12.0 Å². The molecule has 122 valence electrons. The number of aryl methyl sites for hydroxylation is 1. The molecule has 1 heterocycles. The summed E-state index contributed by atoms with van der Waals surface area (Å²) in [6, 6.07) is 9.40. The highest BCUT2D eigenvalue weighted by molar-refractivity contribution is 5.73. The van der Waals surface area contributed by atoms with Crippen LogP contribution in [0.15, 0.2) is 24.3 Å². The summed E-state index contributed by atoms with van der Waals surface area (Å²) in [4.78, 5) is 15.5. The largest absolute Gasteiger partial charge is 0.331 e. The first-order valence-electron chi connectivity index (χ1n) is 8.23. The molecule has 1 aliphatic rings. The van der Waals surface area contributed by atoms with E-state index in [1.54, 1.807) is 4.90 Å². The molecule has 1 fully saturated rings. The van der Waals surface area contributed by atoms with E-state index in [1.807, 2.05) is 19.0 Å². The Morgan fingerprint density at radius 1 is 1.36 bits per heavy atom. The third-order valence-corrected chi connectivity index (χ3v) is 4.47. The van der Waals surface area contributed by atoms with Gasteiger partial charge in [-0.2, -0.15) is 0 Å². The molecule has 0 unspecified atom stereocenters. The van der Waals surface area contributed by atoms with Gasteiger partial charge in [0.25, 0.3) is 0 Å². The molecule has 1 aliphatic heterocycles. The molecule has 0 spiro atoms. The Hall–Kier alpha value is -1.55. The van der Waals surface area contributed by atoms with Gasteiger partial charge in [-0.3, -0.25) is 0 Å². The summed E-state index contributed by atoms with van der Waals surface area (Å²) >= 11 is 0. The Kier molecular flexibility index (Phi) is 5.83. The molecule has 1 atom stereocenters. The van der Waals surface area contributed by atoms with Crippen molar-refractivity contribution < 1.29 is 4.79 Å². The summed E-state index contributed by atoms with van der Waals surface area (Å²) in [6.07, 6.45) is 2.08. The van der Waals surface area contributed by atoms with Gasteiger partial charge in [0, 0.05) is 39.8 Å². The molecule has 4 nitrogen and oxygen atoms in total. The molecule has 4 heteroatoms. The van der Waals surface area contributed by atoms with E-state index in [4.69, 9.17) is 0 Å². The average molecular weight is 303 g/mol. The fourth-order valence-corrected chi connectivity index (χ4v) is 3.00. The number of amides is 2. The number of rotatable bonds is 4. The lowest BCUT2D eigenvalue weighted by Crippen LogP contribution is -2.48. The minimum Gasteiger partial charge on any atom is -0.331 e. The van der Waals surface area contributed by atoms with Crippen LogP contribution >= 0.6 is 0 Å². The van der Waals surface area contributed by atoms with Crippen LogP contribution in [0.2, 0.25) is 0 Å². The lowest BCUT2D eigenvalue weighted by Gasteiger charge is -2.34. The SMILES string of the molecule is Cc1cccc([C@H](C)CNC2CCN(C(=O)N(C)C)CC2)c1. The number of nitrogens with zero attached hydrogens (tertiary/aromatic N) is 2. The molecule has 1 aromatic carbocycles. The number of carbonyl (C=O) groups is 1. The third-order valence-electron chi connectivity index (χ3n) is 4.47. The van der Waals surface area contributed by atoms with Crippen molar-refractivity contribution in [3.05, 3.63) is 35.4 Å². The fraction of sp³-hybridized carbons (Fsp3) is 0.611. The average Bonchev–Trinajstić information content (AvgIpc) is 2.52. The molecule has 0 bridgehead atoms. The van der Waals surface area contributed by atoms with Gasteiger partial charge in [0.1, 0.15) is 0 Å². The molecule has 2 rings (SSSR count). The first-order chi connectivity index (χ1) is 10.5. The highest BCUT2D eigenvalue weighted by Crippen LogP contribution is 2.17. The van der Waals surface area contributed by atoms with Gasteiger partial charge >= 0.3 is 6.03 Å². The van der Waals surface area contributed by atoms with E-state index >= 15 is 0 Å². The van der Waals surface area contributed by atoms with E-state index in [1.165, 1.54) is 11.1 Å². The zero-order valence-electron chi connectivity index (χ0n) is 14.3. The maximum absolute atomic E-state index is 11.9. The van der Waals surface area contributed by atoms with Crippen molar-refractivity contribution in [3.8, 4) is 0 Å². The minimum atomic E-state index is 0.131. The van der Waals surface area contributed by atoms with Gasteiger partial charge in [0.2, 0.25) is 0 Å². The molecule has 0 aliphatic carbocycles. The molecule has 22 heavy (non-hydrogen) atoms. The normalized spacial score (nSPS) is 17.4. The van der Waals surface area contributed by atoms with Gasteiger partial charge in [0.05, 0.1) is 0 Å². The molecule has 1 saturated heterocycles. The van der Waals surface area contributed by atoms with E-state index < -0.39 is 0 Å². The highest BCUT2D eigenvalue weighted by Gasteiger charge is 2.23. The van der Waals surface area contributed by atoms with E-state index in [2.05, 4.69) is 43.4 Å². The van der Waals surface area contributed by atoms with Gasteiger partial charge in [-0.1, -0.05) is 36.8 Å². The number of nitrogens with one attached hydrogen (secondary N) is 1. The number of hydrogen-bond donors (Lipinski definition) is 1. The molecular weight excluding hydrogens is 274 g/mol. The second kappa shape index (κ2) is 7.63. The predicted molar refractivity (Wildman–Crippen MR) is 91.3 cm³/mol. The van der Waals surface area contributed by atoms with E-state index in [9.17, 15) is 4.79 Å². The molecule has 0 radical (unpaired) electrons. The number of urea groups is 1. The monoisotopic (exact) mass is 303 g/mol. The molecule has 0 saturated carbocycles. The Bertz CT molecular complexity index is 493. The fourth-order valence-electron chi connectivity index (χ4n) is 3.00. The standard InChI is InChI=1S/C18H29N3O/c1-14-6-5-7-16(12-14)15(2)13-19-17-8-10-21(11-9-17)18(22)20(3)4/h5-7,12,15,17,19H,8-11,13H2,1-4H3/t15-/m1/s1. The quantitative estimate of drug-likeness (QED) is 0.928. The first kappa shape index (κ1) is 16.8. The van der Waals surface area contributed by atoms with Crippen molar-refractivity contribution in [1.29, 1.82) is 0 Å². The van der Waals surface area contributed by atoms with Crippen LogP contribution in [0.4, 0.5) is 4.79 Å². The Labute approximate surface area is 134 Å². The Morgan fingerprint density at radius 2 is 2.05 bits per heavy atom. The van der Waals surface area contributed by atoms with Gasteiger partial charge < -0.3 is 15.1 Å². The summed E-state index contributed by atoms with van der Waals surface area (Å²) in [5, 5.41) is 3.68. The highest BCUT2D eigenvalue weighted by atomic mass is 16.2. The number of likely N-dealkylation sites (tertiary alicyclic amines) is 1. The molecule has 1 N–H and O–H groups in total. The van der Waals surface area contributed by atoms with E-state index in [-0.39, 0.29) is 6.03 Å². The van der Waals surface area contributed by atoms with Gasteiger partial charge in [-0.25, -0.2) is 4.79 Å². The topological polar surface area (TPSA) is 35.6 Å². The van der Waals surface area contributed by atoms with Crippen molar-refractivity contribution in [2.75, 3.05) is 33.7 Å². The van der Waals surface area contributed by atoms with Crippen LogP contribution < -0.4 is 5.32 Å². The summed E-state index contributed by atoms with van der Waals surface area (Å²) in [7, 11) is 3.63. The zero-order chi connectivity index (χ0) is 16.1. The van der Waals surface area contributed by atoms with Crippen LogP contribution in [0, 0.1) is 6.92 Å².